The van der Waals surface area contributed by atoms with Crippen molar-refractivity contribution in [2.75, 3.05) is 13.7 Å². The van der Waals surface area contributed by atoms with Crippen molar-refractivity contribution in [2.45, 2.75) is 83.3 Å². The summed E-state index contributed by atoms with van der Waals surface area (Å²) >= 11 is 0. The van der Waals surface area contributed by atoms with E-state index in [1.165, 1.54) is 12.7 Å². The summed E-state index contributed by atoms with van der Waals surface area (Å²) < 4.78 is 4.95. The first-order valence-electron chi connectivity index (χ1n) is 15.6. The minimum atomic E-state index is -0.983. The number of carbonyl (C=O) groups excluding carboxylic acids is 2. The molecule has 1 amide bonds. The van der Waals surface area contributed by atoms with Gasteiger partial charge in [-0.15, -0.1) is 6.42 Å². The van der Waals surface area contributed by atoms with Crippen molar-refractivity contribution in [1.29, 1.82) is 0 Å². The number of fused-ring (bicyclic) bond motifs is 6. The second-order valence-electron chi connectivity index (χ2n) is 13.6. The Hall–Kier alpha value is -3.57. The van der Waals surface area contributed by atoms with Gasteiger partial charge in [-0.25, -0.2) is 4.79 Å². The Morgan fingerprint density at radius 2 is 1.95 bits per heavy atom. The molecule has 43 heavy (non-hydrogen) atoms. The number of carbonyl (C=O) groups is 2. The third kappa shape index (κ3) is 4.96. The molecule has 4 aliphatic carbocycles. The number of esters is 1. The van der Waals surface area contributed by atoms with E-state index in [2.05, 4.69) is 41.3 Å². The molecule has 4 aliphatic rings. The molecule has 228 valence electrons. The van der Waals surface area contributed by atoms with Crippen LogP contribution >= 0.6 is 0 Å². The maximum atomic E-state index is 12.8. The fourth-order valence-corrected chi connectivity index (χ4v) is 9.16. The number of hydrogen-bond acceptors (Lipinski definition) is 6. The molecule has 3 fully saturated rings. The van der Waals surface area contributed by atoms with Crippen LogP contribution in [0, 0.1) is 40.9 Å². The van der Waals surface area contributed by atoms with E-state index in [0.29, 0.717) is 30.6 Å². The van der Waals surface area contributed by atoms with Gasteiger partial charge in [0, 0.05) is 28.9 Å². The fraction of sp³-hybridized carbons (Fsp3) is 0.571. The Morgan fingerprint density at radius 1 is 1.16 bits per heavy atom. The Bertz CT molecular complexity index is 1520. The van der Waals surface area contributed by atoms with E-state index in [9.17, 15) is 14.7 Å². The lowest BCUT2D eigenvalue weighted by molar-refractivity contribution is -0.145. The van der Waals surface area contributed by atoms with Gasteiger partial charge in [0.25, 0.3) is 5.91 Å². The number of aromatic amines is 1. The van der Waals surface area contributed by atoms with Crippen molar-refractivity contribution in [1.82, 2.24) is 10.3 Å². The van der Waals surface area contributed by atoms with E-state index < -0.39 is 23.5 Å². The van der Waals surface area contributed by atoms with Gasteiger partial charge in [-0.05, 0) is 92.2 Å². The number of H-pyrrole nitrogens is 1. The van der Waals surface area contributed by atoms with E-state index in [1.54, 1.807) is 0 Å². The minimum Gasteiger partial charge on any atom is -0.467 e. The Labute approximate surface area is 253 Å². The predicted octanol–water partition coefficient (Wildman–Crippen LogP) is 5.07. The summed E-state index contributed by atoms with van der Waals surface area (Å²) in [4.78, 5) is 33.9. The standard InChI is InChI=1S/C35H43N3O5/c1-5-35(41)17-14-28-26-11-10-23-19-24(12-15-33(23,2)27(26)13-16-34(28,35)3)38-43-21-31(39)37-30(32(40)42-4)18-22-20-36-29-9-7-6-8-25(22)29/h1,6-9,19-20,26-28,30,36,41H,10-18,21H2,2-4H3,(H,37,39)/b38-24-/t26-,27+,28-,30+,33+,34+,35-/m1/s1. The van der Waals surface area contributed by atoms with Crippen molar-refractivity contribution >= 4 is 28.5 Å². The summed E-state index contributed by atoms with van der Waals surface area (Å²) in [5.74, 6) is 3.45. The third-order valence-corrected chi connectivity index (χ3v) is 11.7. The summed E-state index contributed by atoms with van der Waals surface area (Å²) in [6, 6.07) is 6.98. The molecule has 3 saturated carbocycles. The van der Waals surface area contributed by atoms with Crippen LogP contribution in [-0.2, 0) is 25.6 Å². The van der Waals surface area contributed by atoms with Crippen LogP contribution in [0.4, 0.5) is 0 Å². The SMILES string of the molecule is C#C[C@@]1(O)CC[C@@H]2[C@@H]3CCC4=C/C(=N\OCC(=O)N[C@@H](Cc5c[nH]c6ccccc56)C(=O)OC)CC[C@]4(C)[C@H]3CC[C@@]21C. The van der Waals surface area contributed by atoms with E-state index in [4.69, 9.17) is 16.0 Å². The molecule has 0 spiro atoms. The second-order valence-corrected chi connectivity index (χ2v) is 13.6. The molecule has 0 radical (unpaired) electrons. The smallest absolute Gasteiger partial charge is 0.328 e. The molecule has 2 aromatic rings. The maximum Gasteiger partial charge on any atom is 0.328 e. The predicted molar refractivity (Wildman–Crippen MR) is 165 cm³/mol. The summed E-state index contributed by atoms with van der Waals surface area (Å²) in [5, 5.41) is 19.3. The number of benzene rings is 1. The molecule has 0 saturated heterocycles. The monoisotopic (exact) mass is 585 g/mol. The summed E-state index contributed by atoms with van der Waals surface area (Å²) in [7, 11) is 1.31. The fourth-order valence-electron chi connectivity index (χ4n) is 9.16. The lowest BCUT2D eigenvalue weighted by atomic mass is 9.46. The van der Waals surface area contributed by atoms with Crippen LogP contribution in [0.25, 0.3) is 10.9 Å². The summed E-state index contributed by atoms with van der Waals surface area (Å²) in [5.41, 5.74) is 3.08. The highest BCUT2D eigenvalue weighted by Crippen LogP contribution is 2.67. The number of para-hydroxylation sites is 1. The summed E-state index contributed by atoms with van der Waals surface area (Å²) in [6.45, 7) is 4.35. The zero-order chi connectivity index (χ0) is 30.4. The molecule has 7 atom stereocenters. The number of allylic oxidation sites excluding steroid dienone is 2. The Balaban J connectivity index is 1.08. The maximum absolute atomic E-state index is 12.8. The zero-order valence-electron chi connectivity index (χ0n) is 25.4. The first-order valence-corrected chi connectivity index (χ1v) is 15.6. The topological polar surface area (TPSA) is 113 Å². The van der Waals surface area contributed by atoms with E-state index in [0.717, 1.165) is 67.1 Å². The van der Waals surface area contributed by atoms with Crippen LogP contribution in [-0.4, -0.2) is 53.0 Å². The van der Waals surface area contributed by atoms with Crippen LogP contribution in [0.1, 0.15) is 70.8 Å². The van der Waals surface area contributed by atoms with Gasteiger partial charge >= 0.3 is 5.97 Å². The molecule has 0 unspecified atom stereocenters. The van der Waals surface area contributed by atoms with Gasteiger partial charge < -0.3 is 25.0 Å². The van der Waals surface area contributed by atoms with E-state index >= 15 is 0 Å². The molecule has 8 heteroatoms. The molecular weight excluding hydrogens is 542 g/mol. The van der Waals surface area contributed by atoms with Gasteiger partial charge in [0.2, 0.25) is 0 Å². The lowest BCUT2D eigenvalue weighted by Gasteiger charge is -2.58. The highest BCUT2D eigenvalue weighted by molar-refractivity contribution is 5.96. The van der Waals surface area contributed by atoms with E-state index in [-0.39, 0.29) is 17.4 Å². The molecule has 1 heterocycles. The largest absolute Gasteiger partial charge is 0.467 e. The highest BCUT2D eigenvalue weighted by Gasteiger charge is 2.63. The van der Waals surface area contributed by atoms with Gasteiger partial charge in [0.15, 0.2) is 6.61 Å². The number of oxime groups is 1. The van der Waals surface area contributed by atoms with Crippen LogP contribution in [0.15, 0.2) is 47.3 Å². The average molecular weight is 586 g/mol. The number of nitrogens with one attached hydrogen (secondary N) is 2. The quantitative estimate of drug-likeness (QED) is 0.239. The van der Waals surface area contributed by atoms with Crippen LogP contribution < -0.4 is 5.32 Å². The van der Waals surface area contributed by atoms with Crippen molar-refractivity contribution in [3.63, 3.8) is 0 Å². The normalized spacial score (nSPS) is 34.7. The Morgan fingerprint density at radius 3 is 2.74 bits per heavy atom. The molecule has 0 bridgehead atoms. The van der Waals surface area contributed by atoms with Gasteiger partial charge in [-0.2, -0.15) is 0 Å². The van der Waals surface area contributed by atoms with E-state index in [1.807, 2.05) is 30.5 Å². The lowest BCUT2D eigenvalue weighted by Crippen LogP contribution is -2.54. The average Bonchev–Trinajstić information content (AvgIpc) is 3.54. The molecule has 1 aromatic heterocycles. The van der Waals surface area contributed by atoms with Crippen molar-refractivity contribution in [3.05, 3.63) is 47.7 Å². The van der Waals surface area contributed by atoms with Crippen LogP contribution in [0.5, 0.6) is 0 Å². The number of rotatable bonds is 7. The molecule has 3 N–H and O–H groups in total. The van der Waals surface area contributed by atoms with Crippen LogP contribution in [0.3, 0.4) is 0 Å². The first kappa shape index (κ1) is 29.5. The highest BCUT2D eigenvalue weighted by atomic mass is 16.6. The molecule has 8 nitrogen and oxygen atoms in total. The minimum absolute atomic E-state index is 0.105. The first-order chi connectivity index (χ1) is 20.6. The number of aliphatic hydroxyl groups is 1. The molecular formula is C35H43N3O5. The van der Waals surface area contributed by atoms with Crippen molar-refractivity contribution in [3.8, 4) is 12.3 Å². The summed E-state index contributed by atoms with van der Waals surface area (Å²) in [6.07, 6.45) is 17.8. The second kappa shape index (κ2) is 11.2. The van der Waals surface area contributed by atoms with Gasteiger partial charge in [0.05, 0.1) is 12.8 Å². The van der Waals surface area contributed by atoms with Crippen molar-refractivity contribution < 1.29 is 24.3 Å². The number of aromatic nitrogens is 1. The molecule has 0 aliphatic heterocycles. The number of ether oxygens (including phenoxy) is 1. The zero-order valence-corrected chi connectivity index (χ0v) is 25.4. The Kier molecular flexibility index (Phi) is 7.66. The number of terminal acetylenes is 1. The van der Waals surface area contributed by atoms with Gasteiger partial charge in [0.1, 0.15) is 11.6 Å². The van der Waals surface area contributed by atoms with Gasteiger partial charge in [-0.3, -0.25) is 4.79 Å². The van der Waals surface area contributed by atoms with Crippen molar-refractivity contribution in [2.24, 2.45) is 33.7 Å². The molecule has 6 rings (SSSR count). The number of amides is 1. The third-order valence-electron chi connectivity index (χ3n) is 11.7. The van der Waals surface area contributed by atoms with Gasteiger partial charge in [-0.1, -0.05) is 48.7 Å². The molecule has 1 aromatic carbocycles. The number of nitrogens with zero attached hydrogens (tertiary/aromatic N) is 1. The number of methoxy groups -OCH3 is 1. The van der Waals surface area contributed by atoms with Crippen LogP contribution in [0.2, 0.25) is 0 Å². The number of hydrogen-bond donors (Lipinski definition) is 3.